The van der Waals surface area contributed by atoms with Gasteiger partial charge in [0, 0.05) is 35.6 Å². The number of carbonyl (C=O) groups excluding carboxylic acids is 2. The maximum absolute atomic E-state index is 13.1. The lowest BCUT2D eigenvalue weighted by molar-refractivity contribution is -0.141. The second kappa shape index (κ2) is 11.2. The molecule has 2 aromatic carbocycles. The highest BCUT2D eigenvalue weighted by atomic mass is 35.5. The molecule has 0 bridgehead atoms. The Kier molecular flexibility index (Phi) is 8.99. The molecule has 0 saturated carbocycles. The number of halogens is 2. The topological polar surface area (TPSA) is 49.4 Å². The molecule has 0 aromatic heterocycles. The summed E-state index contributed by atoms with van der Waals surface area (Å²) in [6.45, 7) is 4.19. The van der Waals surface area contributed by atoms with Gasteiger partial charge in [0.1, 0.15) is 6.04 Å². The van der Waals surface area contributed by atoms with Crippen LogP contribution in [-0.4, -0.2) is 29.8 Å². The zero-order valence-electron chi connectivity index (χ0n) is 17.2. The van der Waals surface area contributed by atoms with Crippen molar-refractivity contribution in [3.8, 4) is 0 Å². The van der Waals surface area contributed by atoms with Gasteiger partial charge in [0.05, 0.1) is 0 Å². The fourth-order valence-electron chi connectivity index (χ4n) is 3.28. The summed E-state index contributed by atoms with van der Waals surface area (Å²) < 4.78 is 0. The van der Waals surface area contributed by atoms with Crippen LogP contribution in [0.15, 0.2) is 42.5 Å². The van der Waals surface area contributed by atoms with Crippen molar-refractivity contribution < 1.29 is 9.59 Å². The summed E-state index contributed by atoms with van der Waals surface area (Å²) in [6.07, 6.45) is 2.40. The summed E-state index contributed by atoms with van der Waals surface area (Å²) in [5.74, 6) is -0.299. The highest BCUT2D eigenvalue weighted by molar-refractivity contribution is 6.36. The Labute approximate surface area is 183 Å². The standard InChI is InChI=1S/C23H28Cl2N2O2/c1-4-16-9-11-17(12-10-16)13-14-22(28)27(21(5-2)23(29)26-3)15-18-19(24)7-6-8-20(18)25/h6-12,21H,4-5,13-15H2,1-3H3,(H,26,29)/t21-/m1/s1. The molecule has 0 fully saturated rings. The molecular weight excluding hydrogens is 407 g/mol. The lowest BCUT2D eigenvalue weighted by atomic mass is 10.0. The van der Waals surface area contributed by atoms with E-state index in [-0.39, 0.29) is 18.4 Å². The molecule has 0 radical (unpaired) electrons. The Bertz CT molecular complexity index is 817. The van der Waals surface area contributed by atoms with Crippen LogP contribution in [0.1, 0.15) is 43.4 Å². The largest absolute Gasteiger partial charge is 0.357 e. The van der Waals surface area contributed by atoms with Crippen molar-refractivity contribution in [1.29, 1.82) is 0 Å². The van der Waals surface area contributed by atoms with E-state index in [0.29, 0.717) is 34.9 Å². The van der Waals surface area contributed by atoms with Crippen LogP contribution in [0.5, 0.6) is 0 Å². The number of carbonyl (C=O) groups is 2. The number of nitrogens with one attached hydrogen (secondary N) is 1. The number of aryl methyl sites for hydroxylation is 2. The minimum atomic E-state index is -0.581. The van der Waals surface area contributed by atoms with Crippen molar-refractivity contribution in [2.75, 3.05) is 7.05 Å². The van der Waals surface area contributed by atoms with Crippen LogP contribution < -0.4 is 5.32 Å². The molecule has 0 heterocycles. The van der Waals surface area contributed by atoms with Gasteiger partial charge in [-0.15, -0.1) is 0 Å². The van der Waals surface area contributed by atoms with Gasteiger partial charge in [-0.3, -0.25) is 9.59 Å². The van der Waals surface area contributed by atoms with Crippen LogP contribution in [0.4, 0.5) is 0 Å². The molecule has 2 amide bonds. The van der Waals surface area contributed by atoms with Gasteiger partial charge in [-0.25, -0.2) is 0 Å². The first-order valence-electron chi connectivity index (χ1n) is 9.92. The molecule has 1 N–H and O–H groups in total. The maximum Gasteiger partial charge on any atom is 0.242 e. The molecule has 0 unspecified atom stereocenters. The van der Waals surface area contributed by atoms with Crippen molar-refractivity contribution >= 4 is 35.0 Å². The van der Waals surface area contributed by atoms with Crippen molar-refractivity contribution in [2.45, 2.75) is 52.1 Å². The van der Waals surface area contributed by atoms with Crippen LogP contribution in [0, 0.1) is 0 Å². The van der Waals surface area contributed by atoms with Crippen molar-refractivity contribution in [3.63, 3.8) is 0 Å². The van der Waals surface area contributed by atoms with Crippen LogP contribution in [0.2, 0.25) is 10.0 Å². The maximum atomic E-state index is 13.1. The van der Waals surface area contributed by atoms with Crippen LogP contribution in [0.3, 0.4) is 0 Å². The minimum Gasteiger partial charge on any atom is -0.357 e. The Morgan fingerprint density at radius 1 is 1.00 bits per heavy atom. The summed E-state index contributed by atoms with van der Waals surface area (Å²) in [6, 6.07) is 12.9. The molecule has 156 valence electrons. The third-order valence-electron chi connectivity index (χ3n) is 5.08. The molecular formula is C23H28Cl2N2O2. The molecule has 1 atom stereocenters. The number of likely N-dealkylation sites (N-methyl/N-ethyl adjacent to an activating group) is 1. The number of amides is 2. The number of hydrogen-bond donors (Lipinski definition) is 1. The van der Waals surface area contributed by atoms with E-state index in [9.17, 15) is 9.59 Å². The van der Waals surface area contributed by atoms with Gasteiger partial charge in [-0.2, -0.15) is 0 Å². The second-order valence-corrected chi connectivity index (χ2v) is 7.74. The first kappa shape index (κ1) is 23.2. The van der Waals surface area contributed by atoms with Crippen molar-refractivity contribution in [2.24, 2.45) is 0 Å². The molecule has 0 saturated heterocycles. The Morgan fingerprint density at radius 3 is 2.10 bits per heavy atom. The van der Waals surface area contributed by atoms with E-state index < -0.39 is 6.04 Å². The summed E-state index contributed by atoms with van der Waals surface area (Å²) in [5.41, 5.74) is 3.01. The molecule has 4 nitrogen and oxygen atoms in total. The van der Waals surface area contributed by atoms with Gasteiger partial charge in [-0.1, -0.05) is 67.4 Å². The Balaban J connectivity index is 2.22. The van der Waals surface area contributed by atoms with Crippen molar-refractivity contribution in [1.82, 2.24) is 10.2 Å². The zero-order valence-corrected chi connectivity index (χ0v) is 18.7. The molecule has 0 aliphatic heterocycles. The first-order chi connectivity index (χ1) is 13.9. The van der Waals surface area contributed by atoms with Crippen LogP contribution >= 0.6 is 23.2 Å². The monoisotopic (exact) mass is 434 g/mol. The van der Waals surface area contributed by atoms with E-state index in [2.05, 4.69) is 36.5 Å². The molecule has 0 spiro atoms. The van der Waals surface area contributed by atoms with Gasteiger partial charge in [0.25, 0.3) is 0 Å². The lowest BCUT2D eigenvalue weighted by Crippen LogP contribution is -2.48. The molecule has 2 rings (SSSR count). The van der Waals surface area contributed by atoms with E-state index in [1.807, 2.05) is 6.92 Å². The zero-order chi connectivity index (χ0) is 21.4. The van der Waals surface area contributed by atoms with E-state index in [0.717, 1.165) is 12.0 Å². The minimum absolute atomic E-state index is 0.101. The van der Waals surface area contributed by atoms with Gasteiger partial charge < -0.3 is 10.2 Å². The third-order valence-corrected chi connectivity index (χ3v) is 5.79. The summed E-state index contributed by atoms with van der Waals surface area (Å²) in [4.78, 5) is 27.2. The van der Waals surface area contributed by atoms with E-state index in [4.69, 9.17) is 23.2 Å². The third kappa shape index (κ3) is 6.22. The number of nitrogens with zero attached hydrogens (tertiary/aromatic N) is 1. The summed E-state index contributed by atoms with van der Waals surface area (Å²) in [7, 11) is 1.57. The normalized spacial score (nSPS) is 11.8. The van der Waals surface area contributed by atoms with E-state index in [1.165, 1.54) is 5.56 Å². The Hall–Kier alpha value is -2.04. The first-order valence-corrected chi connectivity index (χ1v) is 10.7. The molecule has 2 aromatic rings. The average molecular weight is 435 g/mol. The highest BCUT2D eigenvalue weighted by Crippen LogP contribution is 2.27. The van der Waals surface area contributed by atoms with Gasteiger partial charge >= 0.3 is 0 Å². The second-order valence-electron chi connectivity index (χ2n) is 6.93. The molecule has 0 aliphatic rings. The lowest BCUT2D eigenvalue weighted by Gasteiger charge is -2.31. The average Bonchev–Trinajstić information content (AvgIpc) is 2.73. The van der Waals surface area contributed by atoms with Gasteiger partial charge in [0.2, 0.25) is 11.8 Å². The molecule has 0 aliphatic carbocycles. The smallest absolute Gasteiger partial charge is 0.242 e. The number of benzene rings is 2. The predicted octanol–water partition coefficient (Wildman–Crippen LogP) is 5.04. The van der Waals surface area contributed by atoms with Gasteiger partial charge in [-0.05, 0) is 42.5 Å². The number of rotatable bonds is 9. The van der Waals surface area contributed by atoms with Crippen LogP contribution in [-0.2, 0) is 29.0 Å². The predicted molar refractivity (Wildman–Crippen MR) is 119 cm³/mol. The molecule has 29 heavy (non-hydrogen) atoms. The van der Waals surface area contributed by atoms with E-state index in [1.54, 1.807) is 30.1 Å². The van der Waals surface area contributed by atoms with Crippen molar-refractivity contribution in [3.05, 3.63) is 69.2 Å². The molecule has 6 heteroatoms. The highest BCUT2D eigenvalue weighted by Gasteiger charge is 2.28. The summed E-state index contributed by atoms with van der Waals surface area (Å²) >= 11 is 12.6. The number of hydrogen-bond acceptors (Lipinski definition) is 2. The fourth-order valence-corrected chi connectivity index (χ4v) is 3.79. The fraction of sp³-hybridized carbons (Fsp3) is 0.391. The van der Waals surface area contributed by atoms with Gasteiger partial charge in [0.15, 0.2) is 0 Å². The van der Waals surface area contributed by atoms with E-state index >= 15 is 0 Å². The van der Waals surface area contributed by atoms with Crippen LogP contribution in [0.25, 0.3) is 0 Å². The summed E-state index contributed by atoms with van der Waals surface area (Å²) in [5, 5.41) is 3.62. The Morgan fingerprint density at radius 2 is 1.59 bits per heavy atom. The quantitative estimate of drug-likeness (QED) is 0.600. The SMILES string of the molecule is CCc1ccc(CCC(=O)N(Cc2c(Cl)cccc2Cl)[C@H](CC)C(=O)NC)cc1.